The first-order valence-electron chi connectivity index (χ1n) is 12.9. The summed E-state index contributed by atoms with van der Waals surface area (Å²) in [5.41, 5.74) is 5.09. The number of benzene rings is 3. The van der Waals surface area contributed by atoms with E-state index in [0.29, 0.717) is 19.5 Å². The number of aromatic amines is 1. The number of para-hydroxylation sites is 1. The minimum Gasteiger partial charge on any atom is -0.356 e. The molecule has 0 radical (unpaired) electrons. The van der Waals surface area contributed by atoms with Gasteiger partial charge in [-0.3, -0.25) is 9.59 Å². The van der Waals surface area contributed by atoms with Crippen LogP contribution in [0.5, 0.6) is 0 Å². The van der Waals surface area contributed by atoms with Gasteiger partial charge in [0.05, 0.1) is 12.2 Å². The van der Waals surface area contributed by atoms with Crippen molar-refractivity contribution in [3.63, 3.8) is 0 Å². The molecule has 0 spiro atoms. The lowest BCUT2D eigenvalue weighted by Gasteiger charge is -2.51. The highest BCUT2D eigenvalue weighted by atomic mass is 19.1. The molecule has 3 heterocycles. The molecular formula is C31H30FN3O2. The Kier molecular flexibility index (Phi) is 5.63. The van der Waals surface area contributed by atoms with Crippen molar-refractivity contribution in [2.24, 2.45) is 0 Å². The zero-order valence-corrected chi connectivity index (χ0v) is 21.1. The van der Waals surface area contributed by atoms with Crippen molar-refractivity contribution in [2.75, 3.05) is 19.6 Å². The topological polar surface area (TPSA) is 56.4 Å². The maximum Gasteiger partial charge on any atom is 0.254 e. The third-order valence-corrected chi connectivity index (χ3v) is 8.19. The number of amides is 2. The fourth-order valence-electron chi connectivity index (χ4n) is 6.06. The number of halogens is 1. The molecule has 188 valence electrons. The van der Waals surface area contributed by atoms with E-state index in [-0.39, 0.29) is 30.1 Å². The van der Waals surface area contributed by atoms with Crippen molar-refractivity contribution >= 4 is 22.7 Å². The van der Waals surface area contributed by atoms with Gasteiger partial charge in [0.25, 0.3) is 5.91 Å². The molecule has 0 aliphatic carbocycles. The Balaban J connectivity index is 1.42. The summed E-state index contributed by atoms with van der Waals surface area (Å²) < 4.78 is 13.3. The summed E-state index contributed by atoms with van der Waals surface area (Å²) in [6.07, 6.45) is 1.52. The van der Waals surface area contributed by atoms with Gasteiger partial charge in [0, 0.05) is 29.9 Å². The van der Waals surface area contributed by atoms with Crippen LogP contribution in [0.25, 0.3) is 10.9 Å². The molecule has 4 aromatic rings. The van der Waals surface area contributed by atoms with Gasteiger partial charge >= 0.3 is 0 Å². The maximum atomic E-state index is 14.1. The van der Waals surface area contributed by atoms with Gasteiger partial charge in [-0.05, 0) is 60.2 Å². The molecule has 6 heteroatoms. The van der Waals surface area contributed by atoms with Crippen LogP contribution in [0.15, 0.2) is 72.8 Å². The van der Waals surface area contributed by atoms with E-state index in [2.05, 4.69) is 42.2 Å². The fourth-order valence-corrected chi connectivity index (χ4v) is 6.06. The number of H-pyrrole nitrogens is 1. The molecule has 0 bridgehead atoms. The molecule has 2 aliphatic heterocycles. The van der Waals surface area contributed by atoms with Gasteiger partial charge in [-0.2, -0.15) is 0 Å². The minimum absolute atomic E-state index is 0.0346. The maximum absolute atomic E-state index is 14.1. The third kappa shape index (κ3) is 3.74. The van der Waals surface area contributed by atoms with Crippen LogP contribution in [-0.2, 0) is 28.0 Å². The predicted molar refractivity (Wildman–Crippen MR) is 142 cm³/mol. The second-order valence-corrected chi connectivity index (χ2v) is 10.3. The van der Waals surface area contributed by atoms with Gasteiger partial charge in [-0.15, -0.1) is 0 Å². The van der Waals surface area contributed by atoms with Crippen molar-refractivity contribution in [3.8, 4) is 0 Å². The molecule has 3 aromatic carbocycles. The van der Waals surface area contributed by atoms with Gasteiger partial charge in [0.1, 0.15) is 5.82 Å². The molecule has 5 nitrogen and oxygen atoms in total. The molecule has 2 amide bonds. The van der Waals surface area contributed by atoms with Crippen LogP contribution in [0.2, 0.25) is 0 Å². The number of piperazine rings is 1. The summed E-state index contributed by atoms with van der Waals surface area (Å²) >= 11 is 0. The fraction of sp³-hybridized carbons (Fsp3) is 0.290. The number of hydrogen-bond donors (Lipinski definition) is 1. The lowest BCUT2D eigenvalue weighted by Crippen LogP contribution is -2.67. The van der Waals surface area contributed by atoms with Crippen LogP contribution in [0.1, 0.15) is 47.7 Å². The molecule has 0 saturated carbocycles. The second-order valence-electron chi connectivity index (χ2n) is 10.3. The number of aromatic nitrogens is 1. The average Bonchev–Trinajstić information content (AvgIpc) is 3.32. The van der Waals surface area contributed by atoms with E-state index in [1.54, 1.807) is 21.9 Å². The van der Waals surface area contributed by atoms with Crippen LogP contribution in [0.3, 0.4) is 0 Å². The van der Waals surface area contributed by atoms with Crippen molar-refractivity contribution in [3.05, 3.63) is 107 Å². The van der Waals surface area contributed by atoms with Crippen molar-refractivity contribution < 1.29 is 14.0 Å². The number of nitrogens with one attached hydrogen (secondary N) is 1. The smallest absolute Gasteiger partial charge is 0.254 e. The van der Waals surface area contributed by atoms with Crippen LogP contribution in [0, 0.1) is 5.82 Å². The second kappa shape index (κ2) is 8.87. The third-order valence-electron chi connectivity index (χ3n) is 8.19. The van der Waals surface area contributed by atoms with Gasteiger partial charge in [-0.25, -0.2) is 4.39 Å². The van der Waals surface area contributed by atoms with Gasteiger partial charge in [-0.1, -0.05) is 61.5 Å². The molecule has 0 unspecified atom stereocenters. The minimum atomic E-state index is -1.12. The molecule has 1 fully saturated rings. The molecule has 2 aliphatic rings. The van der Waals surface area contributed by atoms with E-state index in [9.17, 15) is 14.0 Å². The Labute approximate surface area is 215 Å². The number of carbonyl (C=O) groups excluding carboxylic acids is 2. The van der Waals surface area contributed by atoms with Crippen molar-refractivity contribution in [1.29, 1.82) is 0 Å². The Hall–Kier alpha value is -3.93. The standard InChI is InChI=1S/C31H30FN3O2/c1-3-20-8-12-22(13-9-20)25-18-35-27(36)19-34(17-16-21-10-14-23(32)15-11-21)30(37)31(35,2)29-28(25)24-6-4-5-7-26(24)33-29/h4-15,25,33H,3,16-19H2,1-2H3/t25-,31-/m0/s1. The number of fused-ring (bicyclic) bond motifs is 5. The molecule has 37 heavy (non-hydrogen) atoms. The molecule has 1 N–H and O–H groups in total. The monoisotopic (exact) mass is 495 g/mol. The number of carbonyl (C=O) groups is 2. The van der Waals surface area contributed by atoms with Crippen molar-refractivity contribution in [1.82, 2.24) is 14.8 Å². The summed E-state index contributed by atoms with van der Waals surface area (Å²) in [6.45, 7) is 4.91. The molecule has 2 atom stereocenters. The zero-order chi connectivity index (χ0) is 25.7. The highest BCUT2D eigenvalue weighted by Crippen LogP contribution is 2.48. The van der Waals surface area contributed by atoms with Crippen molar-refractivity contribution in [2.45, 2.75) is 38.1 Å². The first-order valence-corrected chi connectivity index (χ1v) is 12.9. The molecular weight excluding hydrogens is 465 g/mol. The van der Waals surface area contributed by atoms with E-state index < -0.39 is 5.54 Å². The quantitative estimate of drug-likeness (QED) is 0.417. The molecule has 1 aromatic heterocycles. The highest BCUT2D eigenvalue weighted by Gasteiger charge is 2.56. The van der Waals surface area contributed by atoms with Crippen LogP contribution in [0.4, 0.5) is 4.39 Å². The largest absolute Gasteiger partial charge is 0.356 e. The number of rotatable bonds is 5. The van der Waals surface area contributed by atoms with Gasteiger partial charge in [0.2, 0.25) is 5.91 Å². The molecule has 1 saturated heterocycles. The number of nitrogens with zero attached hydrogens (tertiary/aromatic N) is 2. The first-order chi connectivity index (χ1) is 17.9. The highest BCUT2D eigenvalue weighted by molar-refractivity contribution is 6.01. The lowest BCUT2D eigenvalue weighted by molar-refractivity contribution is -0.166. The van der Waals surface area contributed by atoms with Gasteiger partial charge < -0.3 is 14.8 Å². The van der Waals surface area contributed by atoms with Crippen LogP contribution < -0.4 is 0 Å². The number of hydrogen-bond acceptors (Lipinski definition) is 2. The Bertz CT molecular complexity index is 1490. The average molecular weight is 496 g/mol. The first kappa shape index (κ1) is 23.5. The van der Waals surface area contributed by atoms with E-state index in [0.717, 1.165) is 39.7 Å². The van der Waals surface area contributed by atoms with E-state index in [4.69, 9.17) is 0 Å². The summed E-state index contributed by atoms with van der Waals surface area (Å²) in [5.74, 6) is -0.460. The van der Waals surface area contributed by atoms with E-state index in [1.165, 1.54) is 17.7 Å². The summed E-state index contributed by atoms with van der Waals surface area (Å²) in [7, 11) is 0. The van der Waals surface area contributed by atoms with Gasteiger partial charge in [0.15, 0.2) is 5.54 Å². The Morgan fingerprint density at radius 1 is 0.973 bits per heavy atom. The summed E-state index contributed by atoms with van der Waals surface area (Å²) in [6, 6.07) is 23.0. The van der Waals surface area contributed by atoms with E-state index >= 15 is 0 Å². The Morgan fingerprint density at radius 3 is 2.41 bits per heavy atom. The SMILES string of the molecule is CCc1ccc([C@@H]2CN3C(=O)CN(CCc4ccc(F)cc4)C(=O)[C@]3(C)c3[nH]c4ccccc4c32)cc1. The lowest BCUT2D eigenvalue weighted by atomic mass is 9.76. The Morgan fingerprint density at radius 2 is 1.68 bits per heavy atom. The zero-order valence-electron chi connectivity index (χ0n) is 21.1. The normalized spacial score (nSPS) is 21.3. The number of aryl methyl sites for hydroxylation is 1. The summed E-state index contributed by atoms with van der Waals surface area (Å²) in [4.78, 5) is 34.7. The van der Waals surface area contributed by atoms with Crippen LogP contribution >= 0.6 is 0 Å². The predicted octanol–water partition coefficient (Wildman–Crippen LogP) is 5.14. The summed E-state index contributed by atoms with van der Waals surface area (Å²) in [5, 5.41) is 1.09. The molecule has 6 rings (SSSR count). The van der Waals surface area contributed by atoms with Crippen LogP contribution in [-0.4, -0.2) is 46.2 Å². The van der Waals surface area contributed by atoms with E-state index in [1.807, 2.05) is 25.1 Å².